The second-order valence-corrected chi connectivity index (χ2v) is 10.2. The van der Waals surface area contributed by atoms with E-state index >= 15 is 0 Å². The number of benzene rings is 2. The van der Waals surface area contributed by atoms with E-state index in [1.54, 1.807) is 29.2 Å². The average Bonchev–Trinajstić information content (AvgIpc) is 2.88. The first kappa shape index (κ1) is 24.7. The first-order valence-electron chi connectivity index (χ1n) is 11.4. The molecule has 1 fully saturated rings. The van der Waals surface area contributed by atoms with Crippen molar-refractivity contribution in [2.24, 2.45) is 0 Å². The fourth-order valence-electron chi connectivity index (χ4n) is 4.21. The van der Waals surface area contributed by atoms with E-state index in [1.165, 1.54) is 36.8 Å². The molecule has 2 aromatic carbocycles. The SMILES string of the molecule is O=C(c1cnc(NS(=O)(=O)c2cccc3cccnc23)cn1)N1CCN(Cc2cc(F)cc(F)c2)CC1. The van der Waals surface area contributed by atoms with E-state index in [1.807, 2.05) is 4.90 Å². The van der Waals surface area contributed by atoms with Gasteiger partial charge in [0.2, 0.25) is 0 Å². The molecule has 3 heterocycles. The van der Waals surface area contributed by atoms with Crippen LogP contribution >= 0.6 is 0 Å². The number of carbonyl (C=O) groups is 1. The number of carbonyl (C=O) groups excluding carboxylic acids is 1. The lowest BCUT2D eigenvalue weighted by molar-refractivity contribution is 0.0622. The first-order valence-corrected chi connectivity index (χ1v) is 12.9. The van der Waals surface area contributed by atoms with Crippen LogP contribution in [0, 0.1) is 11.6 Å². The van der Waals surface area contributed by atoms with Crippen molar-refractivity contribution in [2.45, 2.75) is 11.4 Å². The Morgan fingerprint density at radius 3 is 2.35 bits per heavy atom. The number of hydrogen-bond acceptors (Lipinski definition) is 7. The second-order valence-electron chi connectivity index (χ2n) is 8.57. The number of halogens is 2. The van der Waals surface area contributed by atoms with Crippen LogP contribution in [0.25, 0.3) is 10.9 Å². The molecular weight excluding hydrogens is 502 g/mol. The average molecular weight is 525 g/mol. The molecule has 0 spiro atoms. The maximum Gasteiger partial charge on any atom is 0.274 e. The van der Waals surface area contributed by atoms with Gasteiger partial charge in [0, 0.05) is 50.4 Å². The summed E-state index contributed by atoms with van der Waals surface area (Å²) >= 11 is 0. The number of para-hydroxylation sites is 1. The van der Waals surface area contributed by atoms with E-state index < -0.39 is 21.7 Å². The monoisotopic (exact) mass is 524 g/mol. The largest absolute Gasteiger partial charge is 0.335 e. The van der Waals surface area contributed by atoms with Crippen LogP contribution in [-0.4, -0.2) is 65.3 Å². The molecule has 0 unspecified atom stereocenters. The van der Waals surface area contributed by atoms with Gasteiger partial charge in [-0.05, 0) is 29.8 Å². The lowest BCUT2D eigenvalue weighted by Crippen LogP contribution is -2.48. The number of rotatable bonds is 6. The van der Waals surface area contributed by atoms with Crippen LogP contribution in [0.15, 0.2) is 72.0 Å². The molecule has 9 nitrogen and oxygen atoms in total. The summed E-state index contributed by atoms with van der Waals surface area (Å²) in [5.74, 6) is -1.61. The Balaban J connectivity index is 1.21. The van der Waals surface area contributed by atoms with Crippen LogP contribution in [0.1, 0.15) is 16.1 Å². The number of nitrogens with zero attached hydrogens (tertiary/aromatic N) is 5. The van der Waals surface area contributed by atoms with Crippen molar-refractivity contribution in [1.82, 2.24) is 24.8 Å². The zero-order valence-electron chi connectivity index (χ0n) is 19.5. The number of nitrogens with one attached hydrogen (secondary N) is 1. The van der Waals surface area contributed by atoms with Gasteiger partial charge in [-0.25, -0.2) is 27.2 Å². The number of amides is 1. The summed E-state index contributed by atoms with van der Waals surface area (Å²) < 4.78 is 55.1. The minimum Gasteiger partial charge on any atom is -0.335 e. The highest BCUT2D eigenvalue weighted by molar-refractivity contribution is 7.93. The number of sulfonamides is 1. The van der Waals surface area contributed by atoms with Crippen molar-refractivity contribution in [1.29, 1.82) is 0 Å². The number of piperazine rings is 1. The number of fused-ring (bicyclic) bond motifs is 1. The molecule has 0 aliphatic carbocycles. The van der Waals surface area contributed by atoms with Gasteiger partial charge >= 0.3 is 0 Å². The third kappa shape index (κ3) is 5.54. The summed E-state index contributed by atoms with van der Waals surface area (Å²) in [5.41, 5.74) is 0.940. The molecule has 1 aliphatic heterocycles. The predicted molar refractivity (Wildman–Crippen MR) is 132 cm³/mol. The second kappa shape index (κ2) is 10.1. The van der Waals surface area contributed by atoms with Crippen molar-refractivity contribution in [2.75, 3.05) is 30.9 Å². The van der Waals surface area contributed by atoms with E-state index in [-0.39, 0.29) is 22.3 Å². The predicted octanol–water partition coefficient (Wildman–Crippen LogP) is 3.06. The van der Waals surface area contributed by atoms with Gasteiger partial charge in [0.1, 0.15) is 22.2 Å². The molecule has 0 radical (unpaired) electrons. The molecule has 1 aliphatic rings. The molecular formula is C25H22F2N6O3S. The molecule has 0 atom stereocenters. The van der Waals surface area contributed by atoms with E-state index in [4.69, 9.17) is 0 Å². The Labute approximate surface area is 211 Å². The Hall–Kier alpha value is -4.03. The van der Waals surface area contributed by atoms with Crippen LogP contribution in [0.5, 0.6) is 0 Å². The van der Waals surface area contributed by atoms with Gasteiger partial charge in [0.25, 0.3) is 15.9 Å². The molecule has 5 rings (SSSR count). The van der Waals surface area contributed by atoms with E-state index in [0.29, 0.717) is 49.2 Å². The van der Waals surface area contributed by atoms with Crippen molar-refractivity contribution < 1.29 is 22.0 Å². The topological polar surface area (TPSA) is 108 Å². The number of aromatic nitrogens is 3. The quantitative estimate of drug-likeness (QED) is 0.413. The number of hydrogen-bond donors (Lipinski definition) is 1. The lowest BCUT2D eigenvalue weighted by atomic mass is 10.2. The fourth-order valence-corrected chi connectivity index (χ4v) is 5.38. The molecule has 12 heteroatoms. The highest BCUT2D eigenvalue weighted by Crippen LogP contribution is 2.22. The minimum absolute atomic E-state index is 0.00593. The van der Waals surface area contributed by atoms with E-state index in [0.717, 1.165) is 6.07 Å². The maximum absolute atomic E-state index is 13.4. The lowest BCUT2D eigenvalue weighted by Gasteiger charge is -2.34. The minimum atomic E-state index is -3.99. The zero-order valence-corrected chi connectivity index (χ0v) is 20.3. The van der Waals surface area contributed by atoms with Crippen molar-refractivity contribution >= 4 is 32.7 Å². The van der Waals surface area contributed by atoms with Gasteiger partial charge in [-0.2, -0.15) is 0 Å². The van der Waals surface area contributed by atoms with Crippen LogP contribution in [0.4, 0.5) is 14.6 Å². The highest BCUT2D eigenvalue weighted by Gasteiger charge is 2.24. The van der Waals surface area contributed by atoms with Crippen molar-refractivity contribution in [3.8, 4) is 0 Å². The van der Waals surface area contributed by atoms with E-state index in [2.05, 4.69) is 19.7 Å². The third-order valence-corrected chi connectivity index (χ3v) is 7.37. The van der Waals surface area contributed by atoms with Crippen LogP contribution in [0.3, 0.4) is 0 Å². The molecule has 1 amide bonds. The molecule has 1 N–H and O–H groups in total. The Morgan fingerprint density at radius 2 is 1.65 bits per heavy atom. The fraction of sp³-hybridized carbons (Fsp3) is 0.200. The van der Waals surface area contributed by atoms with Crippen LogP contribution in [-0.2, 0) is 16.6 Å². The molecule has 2 aromatic heterocycles. The third-order valence-electron chi connectivity index (χ3n) is 5.98. The van der Waals surface area contributed by atoms with Gasteiger partial charge in [0.05, 0.1) is 17.9 Å². The smallest absolute Gasteiger partial charge is 0.274 e. The highest BCUT2D eigenvalue weighted by atomic mass is 32.2. The summed E-state index contributed by atoms with van der Waals surface area (Å²) in [6, 6.07) is 11.8. The molecule has 0 bridgehead atoms. The van der Waals surface area contributed by atoms with E-state index in [9.17, 15) is 22.0 Å². The summed E-state index contributed by atoms with van der Waals surface area (Å²) in [5, 5.41) is 0.681. The molecule has 1 saturated heterocycles. The van der Waals surface area contributed by atoms with Gasteiger partial charge < -0.3 is 4.90 Å². The van der Waals surface area contributed by atoms with Gasteiger partial charge in [-0.1, -0.05) is 18.2 Å². The van der Waals surface area contributed by atoms with Gasteiger partial charge in [0.15, 0.2) is 5.82 Å². The Bertz CT molecular complexity index is 1530. The van der Waals surface area contributed by atoms with Crippen LogP contribution < -0.4 is 4.72 Å². The Kier molecular flexibility index (Phi) is 6.76. The molecule has 190 valence electrons. The van der Waals surface area contributed by atoms with Gasteiger partial charge in [-0.3, -0.25) is 19.4 Å². The molecule has 0 saturated carbocycles. The summed E-state index contributed by atoms with van der Waals surface area (Å²) in [6.45, 7) is 2.22. The number of anilines is 1. The van der Waals surface area contributed by atoms with Crippen LogP contribution in [0.2, 0.25) is 0 Å². The first-order chi connectivity index (χ1) is 17.8. The summed E-state index contributed by atoms with van der Waals surface area (Å²) in [7, 11) is -3.99. The summed E-state index contributed by atoms with van der Waals surface area (Å²) in [4.78, 5) is 28.8. The maximum atomic E-state index is 13.4. The molecule has 37 heavy (non-hydrogen) atoms. The van der Waals surface area contributed by atoms with Crippen molar-refractivity contribution in [3.63, 3.8) is 0 Å². The zero-order chi connectivity index (χ0) is 26.0. The van der Waals surface area contributed by atoms with Gasteiger partial charge in [-0.15, -0.1) is 0 Å². The normalized spacial score (nSPS) is 14.6. The Morgan fingerprint density at radius 1 is 0.919 bits per heavy atom. The summed E-state index contributed by atoms with van der Waals surface area (Å²) in [6.07, 6.45) is 3.93. The van der Waals surface area contributed by atoms with Crippen molar-refractivity contribution in [3.05, 3.63) is 90.0 Å². The number of pyridine rings is 1. The standard InChI is InChI=1S/C25H22F2N6O3S/c26-19-11-17(12-20(27)13-19)16-32-7-9-33(10-8-32)25(34)21-14-30-23(15-29-21)31-37(35,36)22-5-1-3-18-4-2-6-28-24(18)22/h1-6,11-15H,7-10,16H2,(H,30,31). The molecule has 4 aromatic rings.